The maximum absolute atomic E-state index is 11.9. The lowest BCUT2D eigenvalue weighted by atomic mass is 9.99. The zero-order chi connectivity index (χ0) is 14.3. The molecule has 0 spiro atoms. The average molecular weight is 293 g/mol. The van der Waals surface area contributed by atoms with E-state index >= 15 is 0 Å². The second kappa shape index (κ2) is 4.86. The molecule has 0 saturated carbocycles. The molecule has 2 aliphatic carbocycles. The van der Waals surface area contributed by atoms with Crippen molar-refractivity contribution in [3.05, 3.63) is 28.3 Å². The average Bonchev–Trinajstić information content (AvgIpc) is 2.93. The topological polar surface area (TPSA) is 84.6 Å². The molecule has 0 unspecified atom stereocenters. The van der Waals surface area contributed by atoms with Crippen molar-refractivity contribution in [1.29, 1.82) is 0 Å². The van der Waals surface area contributed by atoms with Crippen molar-refractivity contribution in [1.82, 2.24) is 0 Å². The Bertz CT molecular complexity index is 663. The Labute approximate surface area is 119 Å². The van der Waals surface area contributed by atoms with E-state index in [1.807, 2.05) is 0 Å². The van der Waals surface area contributed by atoms with Gasteiger partial charge < -0.3 is 5.32 Å². The number of aryl methyl sites for hydroxylation is 2. The van der Waals surface area contributed by atoms with Gasteiger partial charge in [0.05, 0.1) is 0 Å². The van der Waals surface area contributed by atoms with E-state index in [-0.39, 0.29) is 0 Å². The summed E-state index contributed by atoms with van der Waals surface area (Å²) in [7, 11) is -2.91. The van der Waals surface area contributed by atoms with Gasteiger partial charge in [-0.3, -0.25) is 0 Å². The van der Waals surface area contributed by atoms with Crippen LogP contribution >= 0.6 is 0 Å². The Morgan fingerprint density at radius 2 is 1.75 bits per heavy atom. The largest absolute Gasteiger partial charge is 0.354 e. The monoisotopic (exact) mass is 293 g/mol. The number of carbonyl (C=O) groups is 1. The van der Waals surface area contributed by atoms with E-state index in [1.165, 1.54) is 28.5 Å². The Morgan fingerprint density at radius 1 is 1.20 bits per heavy atom. The lowest BCUT2D eigenvalue weighted by molar-refractivity contribution is 0.260. The van der Waals surface area contributed by atoms with Crippen LogP contribution in [0, 0.1) is 0 Å². The van der Waals surface area contributed by atoms with Crippen molar-refractivity contribution in [3.8, 4) is 0 Å². The lowest BCUT2D eigenvalue weighted by Crippen LogP contribution is -2.17. The summed E-state index contributed by atoms with van der Waals surface area (Å²) in [6.45, 7) is 0. The molecule has 20 heavy (non-hydrogen) atoms. The van der Waals surface area contributed by atoms with Crippen LogP contribution in [0.4, 0.5) is 10.5 Å². The minimum absolute atomic E-state index is 0.602. The van der Waals surface area contributed by atoms with Gasteiger partial charge in [0.2, 0.25) is 0 Å². The maximum atomic E-state index is 11.9. The number of fused-ring (bicyclic) bond motifs is 2. The molecule has 108 valence electrons. The minimum atomic E-state index is -2.91. The number of anilines is 1. The van der Waals surface area contributed by atoms with Crippen molar-refractivity contribution in [3.63, 3.8) is 0 Å². The number of urea groups is 1. The van der Waals surface area contributed by atoms with Gasteiger partial charge in [0.15, 0.2) is 0 Å². The van der Waals surface area contributed by atoms with Crippen molar-refractivity contribution in [2.24, 2.45) is 9.50 Å². The van der Waals surface area contributed by atoms with E-state index < -0.39 is 15.9 Å². The molecule has 3 N–H and O–H groups in total. The normalized spacial score (nSPS) is 19.1. The summed E-state index contributed by atoms with van der Waals surface area (Å²) in [5.41, 5.74) is 6.05. The number of benzene rings is 1. The molecule has 2 aliphatic rings. The van der Waals surface area contributed by atoms with Gasteiger partial charge in [0.1, 0.15) is 9.92 Å². The predicted octanol–water partition coefficient (Wildman–Crippen LogP) is 2.17. The van der Waals surface area contributed by atoms with E-state index in [9.17, 15) is 9.00 Å². The molecule has 0 radical (unpaired) electrons. The first kappa shape index (κ1) is 13.6. The molecule has 0 saturated heterocycles. The molecule has 2 amide bonds. The van der Waals surface area contributed by atoms with Crippen LogP contribution in [0.25, 0.3) is 0 Å². The number of nitrogens with two attached hydrogens (primary N) is 1. The number of amides is 2. The van der Waals surface area contributed by atoms with Crippen LogP contribution in [0.3, 0.4) is 0 Å². The summed E-state index contributed by atoms with van der Waals surface area (Å²) in [4.78, 5) is 11.9. The molecular weight excluding hydrogens is 274 g/mol. The summed E-state index contributed by atoms with van der Waals surface area (Å²) >= 11 is 0. The SMILES string of the molecule is C[S@@](N)(=O)=NC(=O)Nc1c2c(cc3c1CCC3)CCC2. The van der Waals surface area contributed by atoms with Crippen LogP contribution in [0.5, 0.6) is 0 Å². The Hall–Kier alpha value is -1.40. The van der Waals surface area contributed by atoms with Crippen molar-refractivity contribution in [2.75, 3.05) is 11.6 Å². The summed E-state index contributed by atoms with van der Waals surface area (Å²) in [6, 6.07) is 1.69. The maximum Gasteiger partial charge on any atom is 0.354 e. The van der Waals surface area contributed by atoms with E-state index in [0.29, 0.717) is 0 Å². The van der Waals surface area contributed by atoms with Crippen molar-refractivity contribution in [2.45, 2.75) is 38.5 Å². The lowest BCUT2D eigenvalue weighted by Gasteiger charge is -2.14. The quantitative estimate of drug-likeness (QED) is 0.831. The second-order valence-electron chi connectivity index (χ2n) is 5.62. The number of nitrogens with one attached hydrogen (secondary N) is 1. The molecule has 0 fully saturated rings. The van der Waals surface area contributed by atoms with Gasteiger partial charge in [-0.05, 0) is 60.8 Å². The summed E-state index contributed by atoms with van der Waals surface area (Å²) < 4.78 is 14.9. The van der Waals surface area contributed by atoms with Gasteiger partial charge >= 0.3 is 6.03 Å². The highest BCUT2D eigenvalue weighted by molar-refractivity contribution is 7.91. The number of carbonyl (C=O) groups excluding carboxylic acids is 1. The zero-order valence-corrected chi connectivity index (χ0v) is 12.4. The fourth-order valence-corrected chi connectivity index (χ4v) is 3.64. The van der Waals surface area contributed by atoms with E-state index in [2.05, 4.69) is 15.7 Å². The third-order valence-electron chi connectivity index (χ3n) is 3.97. The molecule has 1 aromatic rings. The van der Waals surface area contributed by atoms with Gasteiger partial charge in [-0.2, -0.15) is 0 Å². The van der Waals surface area contributed by atoms with Crippen LogP contribution in [0.2, 0.25) is 0 Å². The van der Waals surface area contributed by atoms with Crippen LogP contribution in [0.15, 0.2) is 10.4 Å². The van der Waals surface area contributed by atoms with Crippen molar-refractivity contribution < 1.29 is 9.00 Å². The van der Waals surface area contributed by atoms with Gasteiger partial charge in [-0.15, -0.1) is 4.36 Å². The van der Waals surface area contributed by atoms with E-state index in [1.54, 1.807) is 0 Å². The third kappa shape index (κ3) is 2.58. The van der Waals surface area contributed by atoms with Crippen molar-refractivity contribution >= 4 is 21.6 Å². The van der Waals surface area contributed by atoms with Gasteiger partial charge in [0.25, 0.3) is 0 Å². The molecule has 0 aromatic heterocycles. The molecule has 6 heteroatoms. The summed E-state index contributed by atoms with van der Waals surface area (Å²) in [5, 5.41) is 8.15. The molecule has 1 atom stereocenters. The fraction of sp³-hybridized carbons (Fsp3) is 0.500. The first-order chi connectivity index (χ1) is 9.44. The number of hydrogen-bond donors (Lipinski definition) is 2. The van der Waals surface area contributed by atoms with Crippen LogP contribution < -0.4 is 10.5 Å². The molecule has 0 aliphatic heterocycles. The van der Waals surface area contributed by atoms with Crippen LogP contribution in [0.1, 0.15) is 35.1 Å². The summed E-state index contributed by atoms with van der Waals surface area (Å²) in [6.07, 6.45) is 7.63. The van der Waals surface area contributed by atoms with Gasteiger partial charge in [-0.25, -0.2) is 14.1 Å². The number of rotatable bonds is 1. The highest BCUT2D eigenvalue weighted by atomic mass is 32.2. The Kier molecular flexibility index (Phi) is 3.30. The first-order valence-electron chi connectivity index (χ1n) is 6.91. The van der Waals surface area contributed by atoms with E-state index in [0.717, 1.165) is 44.2 Å². The highest BCUT2D eigenvalue weighted by Gasteiger charge is 2.24. The van der Waals surface area contributed by atoms with Gasteiger partial charge in [-0.1, -0.05) is 6.07 Å². The third-order valence-corrected chi connectivity index (χ3v) is 4.50. The Morgan fingerprint density at radius 3 is 2.25 bits per heavy atom. The number of nitrogens with zero attached hydrogens (tertiary/aromatic N) is 1. The number of hydrogen-bond acceptors (Lipinski definition) is 2. The fourth-order valence-electron chi connectivity index (χ4n) is 3.26. The molecule has 3 rings (SSSR count). The minimum Gasteiger partial charge on any atom is -0.305 e. The smallest absolute Gasteiger partial charge is 0.305 e. The zero-order valence-electron chi connectivity index (χ0n) is 11.6. The first-order valence-corrected chi connectivity index (χ1v) is 8.90. The molecule has 0 bridgehead atoms. The highest BCUT2D eigenvalue weighted by Crippen LogP contribution is 2.38. The van der Waals surface area contributed by atoms with Crippen LogP contribution in [-0.4, -0.2) is 16.5 Å². The molecular formula is C14H19N3O2S. The Balaban J connectivity index is 2.02. The summed E-state index contributed by atoms with van der Waals surface area (Å²) in [5.74, 6) is 0. The van der Waals surface area contributed by atoms with Crippen LogP contribution in [-0.2, 0) is 35.6 Å². The molecule has 5 nitrogen and oxygen atoms in total. The van der Waals surface area contributed by atoms with E-state index in [4.69, 9.17) is 5.14 Å². The predicted molar refractivity (Wildman–Crippen MR) is 80.2 cm³/mol. The van der Waals surface area contributed by atoms with Gasteiger partial charge in [0, 0.05) is 11.9 Å². The second-order valence-corrected chi connectivity index (χ2v) is 7.52. The standard InChI is InChI=1S/C14H19N3O2S/c1-20(15,19)17-14(18)16-13-11-6-2-4-9(11)8-10-5-3-7-12(10)13/h8H,2-7H2,1H3,(H3,15,16,17,18,19)/t20-/m0/s1. The molecule has 1 aromatic carbocycles. The molecule has 0 heterocycles.